The summed E-state index contributed by atoms with van der Waals surface area (Å²) in [6, 6.07) is -0.339. The number of aliphatic carboxylic acids is 1. The number of likely N-dealkylation sites (tertiary alicyclic amines) is 1. The summed E-state index contributed by atoms with van der Waals surface area (Å²) < 4.78 is 0. The Morgan fingerprint density at radius 3 is 2.50 bits per heavy atom. The summed E-state index contributed by atoms with van der Waals surface area (Å²) in [4.78, 5) is 24.7. The van der Waals surface area contributed by atoms with Gasteiger partial charge in [0, 0.05) is 19.6 Å². The van der Waals surface area contributed by atoms with Crippen LogP contribution in [0.4, 0.5) is 0 Å². The zero-order chi connectivity index (χ0) is 13.9. The summed E-state index contributed by atoms with van der Waals surface area (Å²) in [5, 5.41) is 11.9. The topological polar surface area (TPSA) is 95.7 Å². The van der Waals surface area contributed by atoms with E-state index in [1.807, 2.05) is 18.7 Å². The van der Waals surface area contributed by atoms with E-state index in [2.05, 4.69) is 5.32 Å². The maximum atomic E-state index is 11.9. The van der Waals surface area contributed by atoms with Crippen LogP contribution in [-0.2, 0) is 9.59 Å². The molecule has 1 fully saturated rings. The maximum absolute atomic E-state index is 11.9. The van der Waals surface area contributed by atoms with Crippen LogP contribution in [0.3, 0.4) is 0 Å². The highest BCUT2D eigenvalue weighted by Crippen LogP contribution is 2.21. The molecule has 0 aromatic rings. The van der Waals surface area contributed by atoms with Crippen LogP contribution >= 0.6 is 0 Å². The number of amides is 1. The number of hydrogen-bond acceptors (Lipinski definition) is 4. The Kier molecular flexibility index (Phi) is 4.70. The Hall–Kier alpha value is -1.14. The molecule has 6 heteroatoms. The molecule has 4 N–H and O–H groups in total. The van der Waals surface area contributed by atoms with E-state index >= 15 is 0 Å². The molecule has 0 bridgehead atoms. The van der Waals surface area contributed by atoms with Crippen molar-refractivity contribution in [2.24, 2.45) is 11.7 Å². The molecule has 104 valence electrons. The molecule has 0 aromatic heterocycles. The third-order valence-corrected chi connectivity index (χ3v) is 3.37. The third kappa shape index (κ3) is 3.43. The molecule has 6 nitrogen and oxygen atoms in total. The second-order valence-corrected chi connectivity index (χ2v) is 5.50. The zero-order valence-corrected chi connectivity index (χ0v) is 11.3. The Morgan fingerprint density at radius 1 is 1.44 bits per heavy atom. The number of hydrogen-bond donors (Lipinski definition) is 3. The molecule has 2 atom stereocenters. The lowest BCUT2D eigenvalue weighted by Gasteiger charge is -2.25. The van der Waals surface area contributed by atoms with Crippen molar-refractivity contribution >= 4 is 11.9 Å². The molecule has 1 saturated heterocycles. The molecule has 0 spiro atoms. The van der Waals surface area contributed by atoms with Gasteiger partial charge in [-0.1, -0.05) is 13.8 Å². The smallest absolute Gasteiger partial charge is 0.325 e. The van der Waals surface area contributed by atoms with E-state index < -0.39 is 11.5 Å². The van der Waals surface area contributed by atoms with Gasteiger partial charge in [0.25, 0.3) is 0 Å². The average Bonchev–Trinajstić information content (AvgIpc) is 2.69. The SMILES string of the molecule is CC(C)CNC(=O)C(C)N1CCC(N)(C(=O)O)C1. The lowest BCUT2D eigenvalue weighted by Crippen LogP contribution is -2.52. The first-order valence-electron chi connectivity index (χ1n) is 6.30. The molecular formula is C12H23N3O3. The quantitative estimate of drug-likeness (QED) is 0.625. The predicted octanol–water partition coefficient (Wildman–Crippen LogP) is -0.365. The fraction of sp³-hybridized carbons (Fsp3) is 0.833. The Bertz CT molecular complexity index is 333. The number of carbonyl (C=O) groups is 2. The minimum absolute atomic E-state index is 0.0710. The molecule has 0 aromatic carbocycles. The second kappa shape index (κ2) is 5.67. The van der Waals surface area contributed by atoms with Gasteiger partial charge in [-0.05, 0) is 19.3 Å². The Morgan fingerprint density at radius 2 is 2.06 bits per heavy atom. The van der Waals surface area contributed by atoms with Gasteiger partial charge in [-0.15, -0.1) is 0 Å². The highest BCUT2D eigenvalue weighted by molar-refractivity contribution is 5.82. The van der Waals surface area contributed by atoms with Crippen molar-refractivity contribution in [2.75, 3.05) is 19.6 Å². The van der Waals surface area contributed by atoms with Gasteiger partial charge in [0.15, 0.2) is 0 Å². The van der Waals surface area contributed by atoms with E-state index in [1.54, 1.807) is 6.92 Å². The van der Waals surface area contributed by atoms with Crippen molar-refractivity contribution in [3.05, 3.63) is 0 Å². The van der Waals surface area contributed by atoms with E-state index in [4.69, 9.17) is 10.8 Å². The summed E-state index contributed by atoms with van der Waals surface area (Å²) in [6.07, 6.45) is 0.379. The van der Waals surface area contributed by atoms with Gasteiger partial charge in [0.2, 0.25) is 5.91 Å². The minimum Gasteiger partial charge on any atom is -0.480 e. The molecule has 0 saturated carbocycles. The van der Waals surface area contributed by atoms with Crippen molar-refractivity contribution in [1.82, 2.24) is 10.2 Å². The van der Waals surface area contributed by atoms with Gasteiger partial charge in [0.1, 0.15) is 5.54 Å². The molecule has 0 aliphatic carbocycles. The van der Waals surface area contributed by atoms with Crippen molar-refractivity contribution in [1.29, 1.82) is 0 Å². The Balaban J connectivity index is 2.51. The standard InChI is InChI=1S/C12H23N3O3/c1-8(2)6-14-10(16)9(3)15-5-4-12(13,7-15)11(17)18/h8-9H,4-7,13H2,1-3H3,(H,14,16)(H,17,18). The number of nitrogens with zero attached hydrogens (tertiary/aromatic N) is 1. The fourth-order valence-electron chi connectivity index (χ4n) is 1.99. The fourth-order valence-corrected chi connectivity index (χ4v) is 1.99. The summed E-state index contributed by atoms with van der Waals surface area (Å²) in [5.41, 5.74) is 4.56. The summed E-state index contributed by atoms with van der Waals surface area (Å²) >= 11 is 0. The first-order valence-corrected chi connectivity index (χ1v) is 6.30. The number of carbonyl (C=O) groups excluding carboxylic acids is 1. The van der Waals surface area contributed by atoms with Gasteiger partial charge < -0.3 is 16.2 Å². The lowest BCUT2D eigenvalue weighted by atomic mass is 10.0. The van der Waals surface area contributed by atoms with Crippen LogP contribution in [0.15, 0.2) is 0 Å². The zero-order valence-electron chi connectivity index (χ0n) is 11.3. The lowest BCUT2D eigenvalue weighted by molar-refractivity contribution is -0.143. The van der Waals surface area contributed by atoms with Gasteiger partial charge in [-0.3, -0.25) is 14.5 Å². The number of carboxylic acids is 1. The van der Waals surface area contributed by atoms with E-state index in [1.165, 1.54) is 0 Å². The van der Waals surface area contributed by atoms with Crippen LogP contribution in [0.1, 0.15) is 27.2 Å². The first kappa shape index (κ1) is 14.9. The summed E-state index contributed by atoms with van der Waals surface area (Å²) in [7, 11) is 0. The Labute approximate surface area is 108 Å². The van der Waals surface area contributed by atoms with Crippen molar-refractivity contribution < 1.29 is 14.7 Å². The van der Waals surface area contributed by atoms with Gasteiger partial charge in [0.05, 0.1) is 6.04 Å². The van der Waals surface area contributed by atoms with Crippen LogP contribution in [0.2, 0.25) is 0 Å². The highest BCUT2D eigenvalue weighted by atomic mass is 16.4. The van der Waals surface area contributed by atoms with E-state index in [9.17, 15) is 9.59 Å². The van der Waals surface area contributed by atoms with Crippen molar-refractivity contribution in [3.8, 4) is 0 Å². The largest absolute Gasteiger partial charge is 0.480 e. The molecule has 1 rings (SSSR count). The van der Waals surface area contributed by atoms with Crippen LogP contribution in [0.25, 0.3) is 0 Å². The second-order valence-electron chi connectivity index (χ2n) is 5.50. The van der Waals surface area contributed by atoms with Crippen molar-refractivity contribution in [2.45, 2.75) is 38.8 Å². The summed E-state index contributed by atoms with van der Waals surface area (Å²) in [5.74, 6) is -0.675. The van der Waals surface area contributed by atoms with Crippen LogP contribution in [0.5, 0.6) is 0 Å². The molecule has 1 aliphatic rings. The molecule has 1 heterocycles. The number of rotatable bonds is 5. The van der Waals surface area contributed by atoms with Crippen molar-refractivity contribution in [3.63, 3.8) is 0 Å². The van der Waals surface area contributed by atoms with Gasteiger partial charge >= 0.3 is 5.97 Å². The predicted molar refractivity (Wildman–Crippen MR) is 68.1 cm³/mol. The maximum Gasteiger partial charge on any atom is 0.325 e. The molecule has 1 amide bonds. The van der Waals surface area contributed by atoms with Gasteiger partial charge in [-0.2, -0.15) is 0 Å². The number of carboxylic acid groups (broad SMARTS) is 1. The normalized spacial score (nSPS) is 26.3. The van der Waals surface area contributed by atoms with Crippen LogP contribution < -0.4 is 11.1 Å². The molecule has 2 unspecified atom stereocenters. The van der Waals surface area contributed by atoms with E-state index in [0.29, 0.717) is 25.4 Å². The molecule has 18 heavy (non-hydrogen) atoms. The number of nitrogens with two attached hydrogens (primary N) is 1. The van der Waals surface area contributed by atoms with E-state index in [0.717, 1.165) is 0 Å². The van der Waals surface area contributed by atoms with Crippen LogP contribution in [0, 0.1) is 5.92 Å². The minimum atomic E-state index is -1.22. The van der Waals surface area contributed by atoms with Crippen LogP contribution in [-0.4, -0.2) is 53.1 Å². The average molecular weight is 257 g/mol. The molecule has 1 aliphatic heterocycles. The molecule has 0 radical (unpaired) electrons. The third-order valence-electron chi connectivity index (χ3n) is 3.37. The number of nitrogens with one attached hydrogen (secondary N) is 1. The van der Waals surface area contributed by atoms with Gasteiger partial charge in [-0.25, -0.2) is 0 Å². The highest BCUT2D eigenvalue weighted by Gasteiger charge is 2.43. The summed E-state index contributed by atoms with van der Waals surface area (Å²) in [6.45, 7) is 7.22. The first-order chi connectivity index (χ1) is 8.26. The molecular weight excluding hydrogens is 234 g/mol. The van der Waals surface area contributed by atoms with E-state index in [-0.39, 0.29) is 18.5 Å². The monoisotopic (exact) mass is 257 g/mol.